The van der Waals surface area contributed by atoms with Gasteiger partial charge in [0.15, 0.2) is 0 Å². The van der Waals surface area contributed by atoms with Crippen LogP contribution in [0.4, 0.5) is 0 Å². The summed E-state index contributed by atoms with van der Waals surface area (Å²) >= 11 is 0. The van der Waals surface area contributed by atoms with Crippen LogP contribution in [0.15, 0.2) is 23.0 Å². The number of hydrogen-bond donors (Lipinski definition) is 1. The SMILES string of the molecule is CN(CCCCCC(=O)O)Cc1ccoc1. The molecule has 1 N–H and O–H groups in total. The van der Waals surface area contributed by atoms with E-state index in [1.165, 1.54) is 5.56 Å². The highest BCUT2D eigenvalue weighted by atomic mass is 16.4. The highest BCUT2D eigenvalue weighted by Gasteiger charge is 2.02. The topological polar surface area (TPSA) is 53.7 Å². The largest absolute Gasteiger partial charge is 0.481 e. The number of rotatable bonds is 8. The van der Waals surface area contributed by atoms with Crippen LogP contribution in [-0.4, -0.2) is 29.6 Å². The van der Waals surface area contributed by atoms with Crippen LogP contribution in [0.5, 0.6) is 0 Å². The normalized spacial score (nSPS) is 10.9. The molecule has 0 aliphatic heterocycles. The van der Waals surface area contributed by atoms with Crippen molar-refractivity contribution in [2.45, 2.75) is 32.2 Å². The monoisotopic (exact) mass is 225 g/mol. The van der Waals surface area contributed by atoms with Gasteiger partial charge in [0, 0.05) is 18.5 Å². The Bertz CT molecular complexity index is 295. The summed E-state index contributed by atoms with van der Waals surface area (Å²) in [6, 6.07) is 1.96. The van der Waals surface area contributed by atoms with Crippen molar-refractivity contribution in [3.8, 4) is 0 Å². The molecule has 1 aromatic rings. The van der Waals surface area contributed by atoms with E-state index in [-0.39, 0.29) is 6.42 Å². The molecule has 0 atom stereocenters. The Hall–Kier alpha value is -1.29. The zero-order chi connectivity index (χ0) is 11.8. The summed E-state index contributed by atoms with van der Waals surface area (Å²) < 4.78 is 4.99. The molecule has 16 heavy (non-hydrogen) atoms. The Morgan fingerprint density at radius 2 is 2.25 bits per heavy atom. The maximum Gasteiger partial charge on any atom is 0.303 e. The Kier molecular flexibility index (Phi) is 5.64. The minimum absolute atomic E-state index is 0.283. The average molecular weight is 225 g/mol. The minimum Gasteiger partial charge on any atom is -0.481 e. The molecule has 1 heterocycles. The number of unbranched alkanes of at least 4 members (excludes halogenated alkanes) is 2. The Morgan fingerprint density at radius 3 is 2.88 bits per heavy atom. The molecule has 0 amide bonds. The lowest BCUT2D eigenvalue weighted by Gasteiger charge is -2.14. The van der Waals surface area contributed by atoms with Crippen LogP contribution in [0.2, 0.25) is 0 Å². The molecule has 0 saturated heterocycles. The highest BCUT2D eigenvalue weighted by Crippen LogP contribution is 2.06. The molecule has 0 aromatic carbocycles. The van der Waals surface area contributed by atoms with Crippen molar-refractivity contribution in [3.63, 3.8) is 0 Å². The second-order valence-corrected chi connectivity index (χ2v) is 4.07. The van der Waals surface area contributed by atoms with Crippen LogP contribution in [0.25, 0.3) is 0 Å². The quantitative estimate of drug-likeness (QED) is 0.690. The van der Waals surface area contributed by atoms with E-state index in [1.807, 2.05) is 6.07 Å². The maximum atomic E-state index is 10.3. The predicted octanol–water partition coefficient (Wildman–Crippen LogP) is 2.36. The summed E-state index contributed by atoms with van der Waals surface area (Å²) in [6.07, 6.45) is 6.50. The van der Waals surface area contributed by atoms with Crippen LogP contribution in [0, 0.1) is 0 Å². The zero-order valence-electron chi connectivity index (χ0n) is 9.69. The third-order valence-corrected chi connectivity index (χ3v) is 2.46. The van der Waals surface area contributed by atoms with Gasteiger partial charge in [0.1, 0.15) is 0 Å². The molecule has 0 spiro atoms. The summed E-state index contributed by atoms with van der Waals surface area (Å²) in [5.74, 6) is -0.702. The standard InChI is InChI=1S/C12H19NO3/c1-13(9-11-6-8-16-10-11)7-4-2-3-5-12(14)15/h6,8,10H,2-5,7,9H2,1H3,(H,14,15). The molecule has 1 aromatic heterocycles. The van der Waals surface area contributed by atoms with Gasteiger partial charge in [-0.2, -0.15) is 0 Å². The number of furan rings is 1. The third kappa shape index (κ3) is 5.56. The van der Waals surface area contributed by atoms with Crippen molar-refractivity contribution in [1.29, 1.82) is 0 Å². The van der Waals surface area contributed by atoms with Crippen LogP contribution in [0.3, 0.4) is 0 Å². The van der Waals surface area contributed by atoms with E-state index in [0.717, 1.165) is 32.4 Å². The lowest BCUT2D eigenvalue weighted by atomic mass is 10.2. The number of carboxylic acids is 1. The average Bonchev–Trinajstić information content (AvgIpc) is 2.69. The number of nitrogens with zero attached hydrogens (tertiary/aromatic N) is 1. The van der Waals surface area contributed by atoms with Gasteiger partial charge in [0.05, 0.1) is 12.5 Å². The number of carbonyl (C=O) groups is 1. The second kappa shape index (κ2) is 7.06. The van der Waals surface area contributed by atoms with E-state index in [0.29, 0.717) is 0 Å². The van der Waals surface area contributed by atoms with Gasteiger partial charge in [-0.25, -0.2) is 0 Å². The molecule has 0 fully saturated rings. The molecule has 0 radical (unpaired) electrons. The van der Waals surface area contributed by atoms with E-state index >= 15 is 0 Å². The maximum absolute atomic E-state index is 10.3. The molecule has 0 bridgehead atoms. The molecule has 0 saturated carbocycles. The lowest BCUT2D eigenvalue weighted by molar-refractivity contribution is -0.137. The van der Waals surface area contributed by atoms with Crippen molar-refractivity contribution in [2.75, 3.05) is 13.6 Å². The summed E-state index contributed by atoms with van der Waals surface area (Å²) in [4.78, 5) is 12.5. The molecule has 1 rings (SSSR count). The van der Waals surface area contributed by atoms with Gasteiger partial charge in [-0.1, -0.05) is 6.42 Å². The molecule has 4 heteroatoms. The molecular formula is C12H19NO3. The summed E-state index contributed by atoms with van der Waals surface area (Å²) in [5, 5.41) is 8.47. The number of carboxylic acid groups (broad SMARTS) is 1. The van der Waals surface area contributed by atoms with Crippen LogP contribution < -0.4 is 0 Å². The van der Waals surface area contributed by atoms with Crippen molar-refractivity contribution < 1.29 is 14.3 Å². The van der Waals surface area contributed by atoms with Gasteiger partial charge in [-0.3, -0.25) is 4.79 Å². The Labute approximate surface area is 95.9 Å². The summed E-state index contributed by atoms with van der Waals surface area (Å²) in [5.41, 5.74) is 1.17. The highest BCUT2D eigenvalue weighted by molar-refractivity contribution is 5.66. The molecular weight excluding hydrogens is 206 g/mol. The van der Waals surface area contributed by atoms with Gasteiger partial charge in [-0.15, -0.1) is 0 Å². The summed E-state index contributed by atoms with van der Waals surface area (Å²) in [6.45, 7) is 1.88. The minimum atomic E-state index is -0.702. The fraction of sp³-hybridized carbons (Fsp3) is 0.583. The van der Waals surface area contributed by atoms with Crippen LogP contribution >= 0.6 is 0 Å². The predicted molar refractivity (Wildman–Crippen MR) is 61.1 cm³/mol. The molecule has 4 nitrogen and oxygen atoms in total. The summed E-state index contributed by atoms with van der Waals surface area (Å²) in [7, 11) is 2.06. The first-order valence-electron chi connectivity index (χ1n) is 5.60. The first-order valence-corrected chi connectivity index (χ1v) is 5.60. The van der Waals surface area contributed by atoms with E-state index in [2.05, 4.69) is 11.9 Å². The fourth-order valence-electron chi connectivity index (χ4n) is 1.61. The van der Waals surface area contributed by atoms with E-state index in [1.54, 1.807) is 12.5 Å². The molecule has 0 aliphatic carbocycles. The van der Waals surface area contributed by atoms with E-state index < -0.39 is 5.97 Å². The molecule has 0 aliphatic rings. The lowest BCUT2D eigenvalue weighted by Crippen LogP contribution is -2.18. The van der Waals surface area contributed by atoms with E-state index in [9.17, 15) is 4.79 Å². The van der Waals surface area contributed by atoms with Gasteiger partial charge in [0.2, 0.25) is 0 Å². The molecule has 90 valence electrons. The molecule has 0 unspecified atom stereocenters. The number of hydrogen-bond acceptors (Lipinski definition) is 3. The zero-order valence-corrected chi connectivity index (χ0v) is 9.69. The fourth-order valence-corrected chi connectivity index (χ4v) is 1.61. The first kappa shape index (κ1) is 12.8. The van der Waals surface area contributed by atoms with Gasteiger partial charge >= 0.3 is 5.97 Å². The Balaban J connectivity index is 2.02. The van der Waals surface area contributed by atoms with Crippen LogP contribution in [-0.2, 0) is 11.3 Å². The van der Waals surface area contributed by atoms with Crippen molar-refractivity contribution >= 4 is 5.97 Å². The van der Waals surface area contributed by atoms with Crippen molar-refractivity contribution in [2.24, 2.45) is 0 Å². The first-order chi connectivity index (χ1) is 7.68. The van der Waals surface area contributed by atoms with Gasteiger partial charge in [-0.05, 0) is 32.5 Å². The number of aliphatic carboxylic acids is 1. The van der Waals surface area contributed by atoms with Crippen molar-refractivity contribution in [1.82, 2.24) is 4.90 Å². The van der Waals surface area contributed by atoms with Crippen molar-refractivity contribution in [3.05, 3.63) is 24.2 Å². The van der Waals surface area contributed by atoms with Crippen LogP contribution in [0.1, 0.15) is 31.2 Å². The smallest absolute Gasteiger partial charge is 0.303 e. The van der Waals surface area contributed by atoms with Gasteiger partial charge in [0.25, 0.3) is 0 Å². The third-order valence-electron chi connectivity index (χ3n) is 2.46. The Morgan fingerprint density at radius 1 is 1.44 bits per heavy atom. The van der Waals surface area contributed by atoms with Gasteiger partial charge < -0.3 is 14.4 Å². The van der Waals surface area contributed by atoms with E-state index in [4.69, 9.17) is 9.52 Å². The second-order valence-electron chi connectivity index (χ2n) is 4.07.